The summed E-state index contributed by atoms with van der Waals surface area (Å²) >= 11 is 0. The third-order valence-electron chi connectivity index (χ3n) is 3.31. The van der Waals surface area contributed by atoms with Crippen molar-refractivity contribution in [2.45, 2.75) is 12.5 Å². The van der Waals surface area contributed by atoms with Crippen molar-refractivity contribution in [3.05, 3.63) is 71.0 Å². The number of cyclic esters (lactones) is 1. The fourth-order valence-corrected chi connectivity index (χ4v) is 2.29. The minimum Gasteiger partial charge on any atom is -0.453 e. The van der Waals surface area contributed by atoms with Crippen molar-refractivity contribution in [1.82, 2.24) is 0 Å². The highest BCUT2D eigenvalue weighted by Crippen LogP contribution is 2.33. The van der Waals surface area contributed by atoms with E-state index in [-0.39, 0.29) is 18.0 Å². The van der Waals surface area contributed by atoms with Gasteiger partial charge in [0.1, 0.15) is 11.9 Å². The Morgan fingerprint density at radius 2 is 1.80 bits per heavy atom. The van der Waals surface area contributed by atoms with E-state index in [0.717, 1.165) is 5.56 Å². The standard InChI is InChI=1S/C16H11FO3/c17-11-7-5-10(6-8-11)14(18)9-15-12-3-1-2-4-13(12)16(19)20-15/h1-8,15H,9H2. The van der Waals surface area contributed by atoms with E-state index in [1.54, 1.807) is 24.3 Å². The number of Topliss-reactive ketones (excluding diaryl/α,β-unsaturated/α-hetero) is 1. The summed E-state index contributed by atoms with van der Waals surface area (Å²) in [5.74, 6) is -0.976. The number of fused-ring (bicyclic) bond motifs is 1. The fourth-order valence-electron chi connectivity index (χ4n) is 2.29. The molecule has 1 atom stereocenters. The molecule has 0 saturated carbocycles. The number of rotatable bonds is 3. The molecule has 0 fully saturated rings. The molecule has 0 amide bonds. The summed E-state index contributed by atoms with van der Waals surface area (Å²) in [6.07, 6.45) is -0.495. The number of ether oxygens (including phenoxy) is 1. The Hall–Kier alpha value is -2.49. The van der Waals surface area contributed by atoms with Crippen molar-refractivity contribution in [3.63, 3.8) is 0 Å². The summed E-state index contributed by atoms with van der Waals surface area (Å²) in [7, 11) is 0. The quantitative estimate of drug-likeness (QED) is 0.634. The van der Waals surface area contributed by atoms with Gasteiger partial charge in [-0.3, -0.25) is 4.79 Å². The molecule has 0 radical (unpaired) electrons. The first-order valence-corrected chi connectivity index (χ1v) is 6.24. The molecular weight excluding hydrogens is 259 g/mol. The van der Waals surface area contributed by atoms with E-state index in [2.05, 4.69) is 0 Å². The lowest BCUT2D eigenvalue weighted by Crippen LogP contribution is -2.07. The summed E-state index contributed by atoms with van der Waals surface area (Å²) in [5.41, 5.74) is 1.64. The lowest BCUT2D eigenvalue weighted by Gasteiger charge is -2.09. The Morgan fingerprint density at radius 3 is 2.55 bits per heavy atom. The molecule has 1 unspecified atom stereocenters. The lowest BCUT2D eigenvalue weighted by atomic mass is 9.98. The first kappa shape index (κ1) is 12.5. The number of esters is 1. The van der Waals surface area contributed by atoms with Crippen molar-refractivity contribution in [2.24, 2.45) is 0 Å². The molecule has 4 heteroatoms. The van der Waals surface area contributed by atoms with Crippen LogP contribution in [0.5, 0.6) is 0 Å². The molecule has 20 heavy (non-hydrogen) atoms. The molecule has 1 aliphatic rings. The van der Waals surface area contributed by atoms with Crippen molar-refractivity contribution < 1.29 is 18.7 Å². The summed E-state index contributed by atoms with van der Waals surface area (Å²) in [6.45, 7) is 0. The summed E-state index contributed by atoms with van der Waals surface area (Å²) in [5, 5.41) is 0. The van der Waals surface area contributed by atoms with Crippen LogP contribution in [-0.2, 0) is 4.74 Å². The molecule has 2 aromatic carbocycles. The zero-order valence-corrected chi connectivity index (χ0v) is 10.5. The van der Waals surface area contributed by atoms with E-state index < -0.39 is 12.1 Å². The summed E-state index contributed by atoms with van der Waals surface area (Å²) in [4.78, 5) is 23.8. The largest absolute Gasteiger partial charge is 0.453 e. The van der Waals surface area contributed by atoms with Crippen LogP contribution in [0, 0.1) is 5.82 Å². The number of hydrogen-bond donors (Lipinski definition) is 0. The molecule has 0 spiro atoms. The zero-order chi connectivity index (χ0) is 14.1. The molecular formula is C16H11FO3. The van der Waals surface area contributed by atoms with Gasteiger partial charge < -0.3 is 4.74 Å². The van der Waals surface area contributed by atoms with Crippen LogP contribution < -0.4 is 0 Å². The second-order valence-corrected chi connectivity index (χ2v) is 4.62. The van der Waals surface area contributed by atoms with Crippen LogP contribution in [-0.4, -0.2) is 11.8 Å². The molecule has 0 N–H and O–H groups in total. The van der Waals surface area contributed by atoms with Crippen molar-refractivity contribution in [2.75, 3.05) is 0 Å². The minimum absolute atomic E-state index is 0.0639. The van der Waals surface area contributed by atoms with Crippen LogP contribution in [0.25, 0.3) is 0 Å². The Kier molecular flexibility index (Phi) is 3.06. The van der Waals surface area contributed by atoms with Gasteiger partial charge in [-0.25, -0.2) is 9.18 Å². The average Bonchev–Trinajstić information content (AvgIpc) is 2.77. The molecule has 0 bridgehead atoms. The number of halogens is 1. The van der Waals surface area contributed by atoms with E-state index >= 15 is 0 Å². The number of carbonyl (C=O) groups is 2. The Bertz CT molecular complexity index is 676. The normalized spacial score (nSPS) is 16.6. The summed E-state index contributed by atoms with van der Waals surface area (Å²) < 4.78 is 18.0. The first-order chi connectivity index (χ1) is 9.65. The minimum atomic E-state index is -0.559. The van der Waals surface area contributed by atoms with Crippen molar-refractivity contribution in [3.8, 4) is 0 Å². The number of ketones is 1. The van der Waals surface area contributed by atoms with Crippen LogP contribution in [0.2, 0.25) is 0 Å². The van der Waals surface area contributed by atoms with Crippen LogP contribution in [0.3, 0.4) is 0 Å². The molecule has 0 aromatic heterocycles. The smallest absolute Gasteiger partial charge is 0.339 e. The molecule has 2 aromatic rings. The van der Waals surface area contributed by atoms with Gasteiger partial charge in [0, 0.05) is 11.1 Å². The van der Waals surface area contributed by atoms with Crippen molar-refractivity contribution in [1.29, 1.82) is 0 Å². The van der Waals surface area contributed by atoms with Crippen LogP contribution in [0.4, 0.5) is 4.39 Å². The number of carbonyl (C=O) groups excluding carboxylic acids is 2. The van der Waals surface area contributed by atoms with Crippen LogP contribution in [0.15, 0.2) is 48.5 Å². The van der Waals surface area contributed by atoms with E-state index in [9.17, 15) is 14.0 Å². The van der Waals surface area contributed by atoms with Gasteiger partial charge in [0.05, 0.1) is 12.0 Å². The van der Waals surface area contributed by atoms with Gasteiger partial charge in [-0.15, -0.1) is 0 Å². The monoisotopic (exact) mass is 270 g/mol. The van der Waals surface area contributed by atoms with E-state index in [0.29, 0.717) is 11.1 Å². The third kappa shape index (κ3) is 2.20. The molecule has 0 aliphatic carbocycles. The number of hydrogen-bond acceptors (Lipinski definition) is 3. The maximum absolute atomic E-state index is 12.8. The maximum atomic E-state index is 12.8. The van der Waals surface area contributed by atoms with Gasteiger partial charge in [0.15, 0.2) is 5.78 Å². The molecule has 1 aliphatic heterocycles. The van der Waals surface area contributed by atoms with Crippen LogP contribution >= 0.6 is 0 Å². The molecule has 3 rings (SSSR count). The third-order valence-corrected chi connectivity index (χ3v) is 3.31. The van der Waals surface area contributed by atoms with Gasteiger partial charge >= 0.3 is 5.97 Å². The van der Waals surface area contributed by atoms with Gasteiger partial charge in [-0.1, -0.05) is 18.2 Å². The highest BCUT2D eigenvalue weighted by Gasteiger charge is 2.32. The lowest BCUT2D eigenvalue weighted by molar-refractivity contribution is 0.0367. The molecule has 100 valence electrons. The number of benzene rings is 2. The Balaban J connectivity index is 1.81. The predicted molar refractivity (Wildman–Crippen MR) is 69.9 cm³/mol. The molecule has 3 nitrogen and oxygen atoms in total. The van der Waals surface area contributed by atoms with Crippen LogP contribution in [0.1, 0.15) is 38.8 Å². The van der Waals surface area contributed by atoms with E-state index in [1.165, 1.54) is 24.3 Å². The van der Waals surface area contributed by atoms with E-state index in [1.807, 2.05) is 0 Å². The second-order valence-electron chi connectivity index (χ2n) is 4.62. The highest BCUT2D eigenvalue weighted by molar-refractivity contribution is 5.98. The van der Waals surface area contributed by atoms with Gasteiger partial charge in [-0.05, 0) is 30.3 Å². The second kappa shape index (κ2) is 4.89. The molecule has 0 saturated heterocycles. The average molecular weight is 270 g/mol. The topological polar surface area (TPSA) is 43.4 Å². The zero-order valence-electron chi connectivity index (χ0n) is 10.5. The molecule has 1 heterocycles. The maximum Gasteiger partial charge on any atom is 0.339 e. The first-order valence-electron chi connectivity index (χ1n) is 6.24. The van der Waals surface area contributed by atoms with Gasteiger partial charge in [-0.2, -0.15) is 0 Å². The van der Waals surface area contributed by atoms with Gasteiger partial charge in [0.2, 0.25) is 0 Å². The fraction of sp³-hybridized carbons (Fsp3) is 0.125. The highest BCUT2D eigenvalue weighted by atomic mass is 19.1. The predicted octanol–water partition coefficient (Wildman–Crippen LogP) is 3.31. The Morgan fingerprint density at radius 1 is 1.10 bits per heavy atom. The van der Waals surface area contributed by atoms with Gasteiger partial charge in [0.25, 0.3) is 0 Å². The Labute approximate surface area is 115 Å². The SMILES string of the molecule is O=C(CC1OC(=O)c2ccccc21)c1ccc(F)cc1. The van der Waals surface area contributed by atoms with Crippen molar-refractivity contribution >= 4 is 11.8 Å². The summed E-state index contributed by atoms with van der Waals surface area (Å²) in [6, 6.07) is 12.4. The van der Waals surface area contributed by atoms with E-state index in [4.69, 9.17) is 4.74 Å².